The quantitative estimate of drug-likeness (QED) is 0.848. The molecule has 0 saturated carbocycles. The monoisotopic (exact) mass is 251 g/mol. The first-order valence-corrected chi connectivity index (χ1v) is 6.82. The summed E-state index contributed by atoms with van der Waals surface area (Å²) < 4.78 is 1.97. The second-order valence-corrected chi connectivity index (χ2v) is 5.21. The Morgan fingerprint density at radius 1 is 1.50 bits per heavy atom. The number of hydrogen-bond acceptors (Lipinski definition) is 4. The van der Waals surface area contributed by atoms with Crippen LogP contribution in [0.2, 0.25) is 0 Å². The number of nitrogens with zero attached hydrogens (tertiary/aromatic N) is 4. The topological polar surface area (TPSA) is 50.3 Å². The van der Waals surface area contributed by atoms with E-state index in [1.54, 1.807) is 0 Å². The van der Waals surface area contributed by atoms with Gasteiger partial charge >= 0.3 is 0 Å². The summed E-state index contributed by atoms with van der Waals surface area (Å²) in [6.07, 6.45) is 4.09. The van der Waals surface area contributed by atoms with Gasteiger partial charge in [0, 0.05) is 50.5 Å². The molecule has 1 aliphatic heterocycles. The van der Waals surface area contributed by atoms with Crippen LogP contribution in [-0.2, 0) is 6.54 Å². The fourth-order valence-corrected chi connectivity index (χ4v) is 2.58. The molecule has 5 heteroatoms. The summed E-state index contributed by atoms with van der Waals surface area (Å²) in [7, 11) is 2.19. The minimum atomic E-state index is 0.307. The van der Waals surface area contributed by atoms with E-state index in [1.807, 2.05) is 10.9 Å². The van der Waals surface area contributed by atoms with Crippen LogP contribution >= 0.6 is 0 Å². The highest BCUT2D eigenvalue weighted by molar-refractivity contribution is 5.12. The standard InChI is InChI=1S/C13H25N5/c1-4-18-10-12(8-15-18)13(7-14)17-6-5-16(3)11(2)9-17/h8,10-11,13H,4-7,9,14H2,1-3H3. The number of nitrogens with two attached hydrogens (primary N) is 1. The molecule has 1 aliphatic rings. The number of likely N-dealkylation sites (N-methyl/N-ethyl adjacent to an activating group) is 1. The van der Waals surface area contributed by atoms with E-state index in [0.29, 0.717) is 18.6 Å². The first-order chi connectivity index (χ1) is 8.65. The lowest BCUT2D eigenvalue weighted by atomic mass is 10.1. The van der Waals surface area contributed by atoms with Crippen molar-refractivity contribution in [2.24, 2.45) is 5.73 Å². The third-order valence-electron chi connectivity index (χ3n) is 4.02. The summed E-state index contributed by atoms with van der Waals surface area (Å²) >= 11 is 0. The van der Waals surface area contributed by atoms with E-state index in [1.165, 1.54) is 5.56 Å². The summed E-state index contributed by atoms with van der Waals surface area (Å²) in [5.74, 6) is 0. The molecule has 1 aromatic rings. The van der Waals surface area contributed by atoms with Crippen LogP contribution in [0.1, 0.15) is 25.5 Å². The molecule has 2 atom stereocenters. The van der Waals surface area contributed by atoms with Crippen molar-refractivity contribution in [3.8, 4) is 0 Å². The molecule has 1 saturated heterocycles. The van der Waals surface area contributed by atoms with Crippen molar-refractivity contribution >= 4 is 0 Å². The molecule has 2 N–H and O–H groups in total. The largest absolute Gasteiger partial charge is 0.329 e. The van der Waals surface area contributed by atoms with Gasteiger partial charge < -0.3 is 10.6 Å². The summed E-state index contributed by atoms with van der Waals surface area (Å²) in [6, 6.07) is 0.899. The Bertz CT molecular complexity index is 375. The molecule has 0 bridgehead atoms. The van der Waals surface area contributed by atoms with Crippen molar-refractivity contribution < 1.29 is 0 Å². The maximum Gasteiger partial charge on any atom is 0.0538 e. The molecule has 102 valence electrons. The Morgan fingerprint density at radius 2 is 2.28 bits per heavy atom. The molecule has 1 aromatic heterocycles. The highest BCUT2D eigenvalue weighted by atomic mass is 15.3. The van der Waals surface area contributed by atoms with Gasteiger partial charge in [-0.25, -0.2) is 0 Å². The molecule has 0 aliphatic carbocycles. The first kappa shape index (κ1) is 13.5. The summed E-state index contributed by atoms with van der Waals surface area (Å²) in [5, 5.41) is 4.36. The predicted molar refractivity (Wildman–Crippen MR) is 73.4 cm³/mol. The molecule has 2 heterocycles. The minimum absolute atomic E-state index is 0.307. The fraction of sp³-hybridized carbons (Fsp3) is 0.769. The van der Waals surface area contributed by atoms with Crippen LogP contribution < -0.4 is 5.73 Å². The van der Waals surface area contributed by atoms with E-state index in [4.69, 9.17) is 5.73 Å². The molecule has 0 spiro atoms. The van der Waals surface area contributed by atoms with Gasteiger partial charge in [-0.2, -0.15) is 5.10 Å². The summed E-state index contributed by atoms with van der Waals surface area (Å²) in [4.78, 5) is 4.89. The van der Waals surface area contributed by atoms with Gasteiger partial charge in [-0.15, -0.1) is 0 Å². The number of rotatable bonds is 4. The van der Waals surface area contributed by atoms with Crippen LogP contribution in [0.3, 0.4) is 0 Å². The van der Waals surface area contributed by atoms with Crippen LogP contribution in [0.5, 0.6) is 0 Å². The van der Waals surface area contributed by atoms with Crippen LogP contribution in [0, 0.1) is 0 Å². The van der Waals surface area contributed by atoms with Crippen LogP contribution in [0.25, 0.3) is 0 Å². The van der Waals surface area contributed by atoms with E-state index in [-0.39, 0.29) is 0 Å². The molecule has 2 unspecified atom stereocenters. The van der Waals surface area contributed by atoms with Gasteiger partial charge in [-0.3, -0.25) is 9.58 Å². The van der Waals surface area contributed by atoms with Crippen LogP contribution in [0.4, 0.5) is 0 Å². The van der Waals surface area contributed by atoms with Crippen molar-refractivity contribution in [3.05, 3.63) is 18.0 Å². The van der Waals surface area contributed by atoms with Gasteiger partial charge in [-0.05, 0) is 20.9 Å². The van der Waals surface area contributed by atoms with Crippen molar-refractivity contribution in [3.63, 3.8) is 0 Å². The average molecular weight is 251 g/mol. The van der Waals surface area contributed by atoms with Gasteiger partial charge in [0.1, 0.15) is 0 Å². The number of hydrogen-bond donors (Lipinski definition) is 1. The van der Waals surface area contributed by atoms with Gasteiger partial charge in [-0.1, -0.05) is 0 Å². The lowest BCUT2D eigenvalue weighted by Crippen LogP contribution is -2.52. The molecular formula is C13H25N5. The van der Waals surface area contributed by atoms with Crippen LogP contribution in [-0.4, -0.2) is 58.8 Å². The summed E-state index contributed by atoms with van der Waals surface area (Å²) in [6.45, 7) is 9.22. The molecule has 2 rings (SSSR count). The maximum atomic E-state index is 5.97. The van der Waals surface area contributed by atoms with Crippen LogP contribution in [0.15, 0.2) is 12.4 Å². The highest BCUT2D eigenvalue weighted by Gasteiger charge is 2.27. The van der Waals surface area contributed by atoms with E-state index in [9.17, 15) is 0 Å². The first-order valence-electron chi connectivity index (χ1n) is 6.82. The zero-order chi connectivity index (χ0) is 13.1. The smallest absolute Gasteiger partial charge is 0.0538 e. The molecule has 18 heavy (non-hydrogen) atoms. The molecule has 0 radical (unpaired) electrons. The third-order valence-corrected chi connectivity index (χ3v) is 4.02. The van der Waals surface area contributed by atoms with E-state index < -0.39 is 0 Å². The SMILES string of the molecule is CCn1cc(C(CN)N2CCN(C)C(C)C2)cn1. The molecule has 0 aromatic carbocycles. The number of aryl methyl sites for hydroxylation is 1. The normalized spacial score (nSPS) is 24.3. The Morgan fingerprint density at radius 3 is 2.83 bits per heavy atom. The second kappa shape index (κ2) is 5.82. The molecule has 1 fully saturated rings. The zero-order valence-corrected chi connectivity index (χ0v) is 11.7. The summed E-state index contributed by atoms with van der Waals surface area (Å²) in [5.41, 5.74) is 7.22. The van der Waals surface area contributed by atoms with E-state index in [2.05, 4.69) is 42.0 Å². The van der Waals surface area contributed by atoms with Crippen molar-refractivity contribution in [2.75, 3.05) is 33.2 Å². The maximum absolute atomic E-state index is 5.97. The van der Waals surface area contributed by atoms with Crippen molar-refractivity contribution in [2.45, 2.75) is 32.5 Å². The number of piperazine rings is 1. The van der Waals surface area contributed by atoms with Gasteiger partial charge in [0.15, 0.2) is 0 Å². The molecular weight excluding hydrogens is 226 g/mol. The average Bonchev–Trinajstić information content (AvgIpc) is 2.83. The highest BCUT2D eigenvalue weighted by Crippen LogP contribution is 2.22. The molecule has 5 nitrogen and oxygen atoms in total. The lowest BCUT2D eigenvalue weighted by Gasteiger charge is -2.41. The number of aromatic nitrogens is 2. The van der Waals surface area contributed by atoms with Gasteiger partial charge in [0.25, 0.3) is 0 Å². The second-order valence-electron chi connectivity index (χ2n) is 5.21. The Hall–Kier alpha value is -0.910. The minimum Gasteiger partial charge on any atom is -0.329 e. The Balaban J connectivity index is 2.08. The van der Waals surface area contributed by atoms with Gasteiger partial charge in [0.2, 0.25) is 0 Å². The Labute approximate surface area is 110 Å². The van der Waals surface area contributed by atoms with E-state index in [0.717, 1.165) is 26.2 Å². The third kappa shape index (κ3) is 2.74. The zero-order valence-electron chi connectivity index (χ0n) is 11.7. The van der Waals surface area contributed by atoms with Crippen molar-refractivity contribution in [1.82, 2.24) is 19.6 Å². The lowest BCUT2D eigenvalue weighted by molar-refractivity contribution is 0.0741. The van der Waals surface area contributed by atoms with Crippen molar-refractivity contribution in [1.29, 1.82) is 0 Å². The Kier molecular flexibility index (Phi) is 4.37. The van der Waals surface area contributed by atoms with E-state index >= 15 is 0 Å². The molecule has 0 amide bonds. The van der Waals surface area contributed by atoms with Gasteiger partial charge in [0.05, 0.1) is 12.2 Å². The fourth-order valence-electron chi connectivity index (χ4n) is 2.58. The predicted octanol–water partition coefficient (Wildman–Crippen LogP) is 0.539.